The normalized spacial score (nSPS) is 10.7. The Hall–Kier alpha value is -3.68. The number of nitro groups is 1. The topological polar surface area (TPSA) is 111 Å². The summed E-state index contributed by atoms with van der Waals surface area (Å²) < 4.78 is 0. The van der Waals surface area contributed by atoms with Crippen molar-refractivity contribution in [2.45, 2.75) is 6.92 Å². The molecule has 0 spiro atoms. The van der Waals surface area contributed by atoms with Gasteiger partial charge in [0.25, 0.3) is 11.6 Å². The second kappa shape index (κ2) is 8.25. The van der Waals surface area contributed by atoms with Crippen LogP contribution in [0.3, 0.4) is 0 Å². The average molecular weight is 341 g/mol. The molecule has 1 amide bonds. The second-order valence-electron chi connectivity index (χ2n) is 4.97. The van der Waals surface area contributed by atoms with Crippen LogP contribution < -0.4 is 10.8 Å². The zero-order valence-corrected chi connectivity index (χ0v) is 13.3. The van der Waals surface area contributed by atoms with Crippen molar-refractivity contribution < 1.29 is 19.3 Å². The third-order valence-electron chi connectivity index (χ3n) is 3.03. The molecule has 8 nitrogen and oxygen atoms in total. The number of hydrogen-bond acceptors (Lipinski definition) is 6. The molecule has 0 aromatic heterocycles. The monoisotopic (exact) mass is 341 g/mol. The largest absolute Gasteiger partial charge is 0.359 e. The molecule has 0 aliphatic carbocycles. The Morgan fingerprint density at radius 3 is 2.32 bits per heavy atom. The summed E-state index contributed by atoms with van der Waals surface area (Å²) in [6.07, 6.45) is 1.15. The maximum absolute atomic E-state index is 11.7. The quantitative estimate of drug-likeness (QED) is 0.491. The molecular formula is C17H15N3O5. The molecule has 0 heterocycles. The number of allylic oxidation sites excluding steroid dienone is 1. The summed E-state index contributed by atoms with van der Waals surface area (Å²) in [5, 5.41) is 13.5. The standard InChI is InChI=1S/C17H15N3O5/c1-12(18-14-7-9-15(10-8-14)20(23)24)11-16(21)25-19-17(22)13-5-3-2-4-6-13/h2-11,18H,1H3,(H,19,22)/b12-11+. The number of carbonyl (C=O) groups excluding carboxylic acids is 2. The fourth-order valence-corrected chi connectivity index (χ4v) is 1.88. The first kappa shape index (κ1) is 17.7. The van der Waals surface area contributed by atoms with Crippen LogP contribution in [0.5, 0.6) is 0 Å². The van der Waals surface area contributed by atoms with Crippen LogP contribution in [-0.2, 0) is 9.63 Å². The van der Waals surface area contributed by atoms with Crippen molar-refractivity contribution in [3.63, 3.8) is 0 Å². The molecule has 2 N–H and O–H groups in total. The number of amides is 1. The molecule has 8 heteroatoms. The molecule has 128 valence electrons. The minimum Gasteiger partial charge on any atom is -0.359 e. The molecular weight excluding hydrogens is 326 g/mol. The van der Waals surface area contributed by atoms with Crippen LogP contribution in [0.4, 0.5) is 11.4 Å². The van der Waals surface area contributed by atoms with Gasteiger partial charge in [0, 0.05) is 35.2 Å². The van der Waals surface area contributed by atoms with Crippen LogP contribution in [0.25, 0.3) is 0 Å². The highest BCUT2D eigenvalue weighted by Crippen LogP contribution is 2.16. The van der Waals surface area contributed by atoms with E-state index in [1.807, 2.05) is 0 Å². The van der Waals surface area contributed by atoms with Crippen molar-refractivity contribution in [3.8, 4) is 0 Å². The summed E-state index contributed by atoms with van der Waals surface area (Å²) in [6.45, 7) is 1.61. The number of rotatable bonds is 5. The third kappa shape index (κ3) is 5.47. The third-order valence-corrected chi connectivity index (χ3v) is 3.03. The molecule has 0 bridgehead atoms. The maximum atomic E-state index is 11.7. The van der Waals surface area contributed by atoms with E-state index in [0.29, 0.717) is 16.9 Å². The van der Waals surface area contributed by atoms with E-state index < -0.39 is 16.8 Å². The van der Waals surface area contributed by atoms with Gasteiger partial charge in [-0.2, -0.15) is 5.48 Å². The van der Waals surface area contributed by atoms with E-state index in [4.69, 9.17) is 0 Å². The minimum atomic E-state index is -0.767. The Morgan fingerprint density at radius 1 is 1.08 bits per heavy atom. The van der Waals surface area contributed by atoms with Gasteiger partial charge in [-0.15, -0.1) is 0 Å². The fraction of sp³-hybridized carbons (Fsp3) is 0.0588. The van der Waals surface area contributed by atoms with E-state index in [1.165, 1.54) is 24.3 Å². The van der Waals surface area contributed by atoms with Crippen LogP contribution in [0, 0.1) is 10.1 Å². The smallest absolute Gasteiger partial charge is 0.357 e. The fourth-order valence-electron chi connectivity index (χ4n) is 1.88. The van der Waals surface area contributed by atoms with Gasteiger partial charge in [0.1, 0.15) is 0 Å². The van der Waals surface area contributed by atoms with Crippen LogP contribution in [0.1, 0.15) is 17.3 Å². The zero-order valence-electron chi connectivity index (χ0n) is 13.3. The van der Waals surface area contributed by atoms with Gasteiger partial charge in [-0.1, -0.05) is 18.2 Å². The Bertz CT molecular complexity index is 801. The van der Waals surface area contributed by atoms with Crippen molar-refractivity contribution in [2.24, 2.45) is 0 Å². The SMILES string of the molecule is C/C(=C\C(=O)ONC(=O)c1ccccc1)Nc1ccc([N+](=O)[O-])cc1. The molecule has 0 unspecified atom stereocenters. The number of carbonyl (C=O) groups is 2. The lowest BCUT2D eigenvalue weighted by Crippen LogP contribution is -2.26. The molecule has 0 saturated heterocycles. The lowest BCUT2D eigenvalue weighted by atomic mass is 10.2. The van der Waals surface area contributed by atoms with Gasteiger partial charge in [-0.05, 0) is 31.2 Å². The van der Waals surface area contributed by atoms with Crippen LogP contribution >= 0.6 is 0 Å². The molecule has 25 heavy (non-hydrogen) atoms. The highest BCUT2D eigenvalue weighted by atomic mass is 16.7. The summed E-state index contributed by atoms with van der Waals surface area (Å²) >= 11 is 0. The molecule has 0 saturated carbocycles. The van der Waals surface area contributed by atoms with Gasteiger partial charge >= 0.3 is 5.97 Å². The van der Waals surface area contributed by atoms with E-state index in [2.05, 4.69) is 15.6 Å². The van der Waals surface area contributed by atoms with Crippen LogP contribution in [0.15, 0.2) is 66.4 Å². The van der Waals surface area contributed by atoms with Gasteiger partial charge in [0.15, 0.2) is 0 Å². The van der Waals surface area contributed by atoms with E-state index in [9.17, 15) is 19.7 Å². The number of hydroxylamine groups is 1. The second-order valence-corrected chi connectivity index (χ2v) is 4.97. The number of benzene rings is 2. The molecule has 0 fully saturated rings. The highest BCUT2D eigenvalue weighted by molar-refractivity contribution is 5.94. The van der Waals surface area contributed by atoms with Gasteiger partial charge < -0.3 is 10.2 Å². The first-order valence-corrected chi connectivity index (χ1v) is 7.21. The number of anilines is 1. The zero-order chi connectivity index (χ0) is 18.2. The molecule has 0 radical (unpaired) electrons. The number of non-ortho nitro benzene ring substituents is 1. The summed E-state index contributed by atoms with van der Waals surface area (Å²) in [4.78, 5) is 38.2. The summed E-state index contributed by atoms with van der Waals surface area (Å²) in [6, 6.07) is 14.0. The number of hydrogen-bond donors (Lipinski definition) is 2. The van der Waals surface area contributed by atoms with E-state index in [0.717, 1.165) is 6.08 Å². The Balaban J connectivity index is 1.87. The summed E-state index contributed by atoms with van der Waals surface area (Å²) in [5.74, 6) is -1.31. The maximum Gasteiger partial charge on any atom is 0.357 e. The molecule has 2 rings (SSSR count). The number of nitrogens with one attached hydrogen (secondary N) is 2. The lowest BCUT2D eigenvalue weighted by molar-refractivity contribution is -0.384. The van der Waals surface area contributed by atoms with Crippen LogP contribution in [0.2, 0.25) is 0 Å². The van der Waals surface area contributed by atoms with Crippen molar-refractivity contribution in [1.82, 2.24) is 5.48 Å². The molecule has 0 aliphatic heterocycles. The number of nitrogens with zero attached hydrogens (tertiary/aromatic N) is 1. The first-order chi connectivity index (χ1) is 12.0. The number of nitro benzene ring substituents is 1. The van der Waals surface area contributed by atoms with Gasteiger partial charge in [-0.3, -0.25) is 14.9 Å². The average Bonchev–Trinajstić information content (AvgIpc) is 2.60. The van der Waals surface area contributed by atoms with Gasteiger partial charge in [-0.25, -0.2) is 4.79 Å². The molecule has 2 aromatic rings. The predicted octanol–water partition coefficient (Wildman–Crippen LogP) is 2.80. The van der Waals surface area contributed by atoms with Crippen molar-refractivity contribution in [3.05, 3.63) is 82.0 Å². The van der Waals surface area contributed by atoms with Crippen LogP contribution in [-0.4, -0.2) is 16.8 Å². The van der Waals surface area contributed by atoms with E-state index in [-0.39, 0.29) is 5.69 Å². The summed E-state index contributed by atoms with van der Waals surface area (Å²) in [5.41, 5.74) is 3.39. The van der Waals surface area contributed by atoms with Crippen molar-refractivity contribution >= 4 is 23.3 Å². The molecule has 0 atom stereocenters. The van der Waals surface area contributed by atoms with Crippen molar-refractivity contribution in [2.75, 3.05) is 5.32 Å². The molecule has 2 aromatic carbocycles. The predicted molar refractivity (Wildman–Crippen MR) is 90.5 cm³/mol. The van der Waals surface area contributed by atoms with Crippen molar-refractivity contribution in [1.29, 1.82) is 0 Å². The highest BCUT2D eigenvalue weighted by Gasteiger charge is 2.08. The summed E-state index contributed by atoms with van der Waals surface area (Å²) in [7, 11) is 0. The molecule has 0 aliphatic rings. The van der Waals surface area contributed by atoms with Gasteiger partial charge in [0.2, 0.25) is 0 Å². The minimum absolute atomic E-state index is 0.0322. The Labute approximate surface area is 143 Å². The van der Waals surface area contributed by atoms with Gasteiger partial charge in [0.05, 0.1) is 4.92 Å². The first-order valence-electron chi connectivity index (χ1n) is 7.21. The Kier molecular flexibility index (Phi) is 5.83. The lowest BCUT2D eigenvalue weighted by Gasteiger charge is -2.07. The Morgan fingerprint density at radius 2 is 1.72 bits per heavy atom. The van der Waals surface area contributed by atoms with E-state index in [1.54, 1.807) is 37.3 Å². The van der Waals surface area contributed by atoms with E-state index >= 15 is 0 Å².